The number of amides is 2. The van der Waals surface area contributed by atoms with Crippen LogP contribution in [-0.4, -0.2) is 41.5 Å². The van der Waals surface area contributed by atoms with Crippen LogP contribution in [0.5, 0.6) is 0 Å². The lowest BCUT2D eigenvalue weighted by molar-refractivity contribution is 0.0421. The predicted octanol–water partition coefficient (Wildman–Crippen LogP) is 2.64. The van der Waals surface area contributed by atoms with Gasteiger partial charge in [-0.25, -0.2) is 19.8 Å². The van der Waals surface area contributed by atoms with E-state index in [0.717, 1.165) is 13.5 Å². The summed E-state index contributed by atoms with van der Waals surface area (Å²) in [5.74, 6) is -1.57. The molecule has 10 heteroatoms. The Balaban J connectivity index is 3.16. The Labute approximate surface area is 145 Å². The number of carbonyl (C=O) groups excluding carboxylic acids is 3. The fourth-order valence-corrected chi connectivity index (χ4v) is 1.52. The zero-order valence-corrected chi connectivity index (χ0v) is 15.3. The number of hydrogen-bond donors (Lipinski definition) is 1. The van der Waals surface area contributed by atoms with Gasteiger partial charge in [0.25, 0.3) is 5.76 Å². The molecule has 2 amide bonds. The summed E-state index contributed by atoms with van der Waals surface area (Å²) in [4.78, 5) is 40.0. The number of nitrogens with one attached hydrogen (secondary N) is 1. The normalized spacial score (nSPS) is 11.5. The van der Waals surface area contributed by atoms with E-state index in [4.69, 9.17) is 13.9 Å². The van der Waals surface area contributed by atoms with Crippen LogP contribution in [0.15, 0.2) is 10.8 Å². The number of methoxy groups -OCH3 is 1. The van der Waals surface area contributed by atoms with Gasteiger partial charge in [-0.3, -0.25) is 0 Å². The lowest BCUT2D eigenvalue weighted by atomic mass is 10.2. The molecule has 0 aliphatic carbocycles. The minimum absolute atomic E-state index is 0.299. The maximum Gasteiger partial charge on any atom is 0.435 e. The summed E-state index contributed by atoms with van der Waals surface area (Å²) in [5, 5.41) is 0.620. The molecular weight excluding hydrogens is 334 g/mol. The van der Waals surface area contributed by atoms with E-state index in [9.17, 15) is 14.4 Å². The first-order valence-electron chi connectivity index (χ1n) is 7.38. The molecule has 1 heterocycles. The van der Waals surface area contributed by atoms with Gasteiger partial charge in [-0.2, -0.15) is 9.99 Å². The number of hydrogen-bond acceptors (Lipinski definition) is 8. The minimum Gasteiger partial charge on any atom is -0.463 e. The molecule has 10 nitrogen and oxygen atoms in total. The molecule has 1 rings (SSSR count). The molecule has 0 aliphatic rings. The third-order valence-corrected chi connectivity index (χ3v) is 2.31. The number of anilines is 1. The summed E-state index contributed by atoms with van der Waals surface area (Å²) in [7, 11) is 1.13. The van der Waals surface area contributed by atoms with Crippen molar-refractivity contribution in [3.63, 3.8) is 0 Å². The van der Waals surface area contributed by atoms with Crippen molar-refractivity contribution in [3.8, 4) is 0 Å². The number of aromatic nitrogens is 1. The van der Waals surface area contributed by atoms with E-state index >= 15 is 0 Å². The van der Waals surface area contributed by atoms with Gasteiger partial charge in [0.15, 0.2) is 6.39 Å². The standard InChI is InChI=1S/C15H23N3O7/c1-14(2,3)24-12(20)17-18(13(21)25-15(4,5)6)10-9(11(19)22-7)23-8-16-10/h8H,1-7H3,(H,17,20). The van der Waals surface area contributed by atoms with Crippen LogP contribution in [0.25, 0.3) is 0 Å². The van der Waals surface area contributed by atoms with Crippen LogP contribution in [0.1, 0.15) is 52.1 Å². The molecule has 0 aromatic carbocycles. The Morgan fingerprint density at radius 3 is 2.12 bits per heavy atom. The molecule has 1 aromatic heterocycles. The van der Waals surface area contributed by atoms with E-state index < -0.39 is 29.4 Å². The summed E-state index contributed by atoms with van der Waals surface area (Å²) in [6.45, 7) is 9.88. The maximum atomic E-state index is 12.4. The molecule has 0 unspecified atom stereocenters. The van der Waals surface area contributed by atoms with Gasteiger partial charge in [-0.15, -0.1) is 0 Å². The lowest BCUT2D eigenvalue weighted by Crippen LogP contribution is -2.50. The molecule has 0 aliphatic heterocycles. The van der Waals surface area contributed by atoms with Crippen molar-refractivity contribution in [2.24, 2.45) is 0 Å². The molecule has 0 saturated carbocycles. The number of rotatable bonds is 2. The smallest absolute Gasteiger partial charge is 0.435 e. The first-order valence-corrected chi connectivity index (χ1v) is 7.38. The van der Waals surface area contributed by atoms with E-state index in [1.54, 1.807) is 41.5 Å². The van der Waals surface area contributed by atoms with Crippen LogP contribution >= 0.6 is 0 Å². The Morgan fingerprint density at radius 1 is 1.08 bits per heavy atom. The third-order valence-electron chi connectivity index (χ3n) is 2.31. The highest BCUT2D eigenvalue weighted by molar-refractivity contribution is 5.98. The Kier molecular flexibility index (Phi) is 6.01. The van der Waals surface area contributed by atoms with E-state index in [2.05, 4.69) is 15.1 Å². The third kappa shape index (κ3) is 6.32. The zero-order valence-electron chi connectivity index (χ0n) is 15.3. The average Bonchev–Trinajstić information content (AvgIpc) is 2.88. The lowest BCUT2D eigenvalue weighted by Gasteiger charge is -2.27. The summed E-state index contributed by atoms with van der Waals surface area (Å²) < 4.78 is 19.8. The van der Waals surface area contributed by atoms with Gasteiger partial charge in [-0.1, -0.05) is 0 Å². The second kappa shape index (κ2) is 7.41. The van der Waals surface area contributed by atoms with Gasteiger partial charge >= 0.3 is 18.2 Å². The van der Waals surface area contributed by atoms with Crippen molar-refractivity contribution < 1.29 is 33.0 Å². The summed E-state index contributed by atoms with van der Waals surface area (Å²) in [6.07, 6.45) is -1.01. The van der Waals surface area contributed by atoms with Crippen LogP contribution in [0.2, 0.25) is 0 Å². The van der Waals surface area contributed by atoms with E-state index in [0.29, 0.717) is 5.01 Å². The fourth-order valence-electron chi connectivity index (χ4n) is 1.52. The number of oxazole rings is 1. The number of carbonyl (C=O) groups is 3. The van der Waals surface area contributed by atoms with Crippen LogP contribution in [-0.2, 0) is 14.2 Å². The second-order valence-corrected chi connectivity index (χ2v) is 6.93. The minimum atomic E-state index is -0.989. The Bertz CT molecular complexity index is 640. The molecule has 0 bridgehead atoms. The first kappa shape index (κ1) is 20.3. The summed E-state index contributed by atoms with van der Waals surface area (Å²) >= 11 is 0. The monoisotopic (exact) mass is 357 g/mol. The molecular formula is C15H23N3O7. The van der Waals surface area contributed by atoms with Crippen LogP contribution in [0.3, 0.4) is 0 Å². The Hall–Kier alpha value is -2.78. The van der Waals surface area contributed by atoms with Crippen molar-refractivity contribution in [1.29, 1.82) is 0 Å². The molecule has 1 N–H and O–H groups in total. The van der Waals surface area contributed by atoms with E-state index in [1.807, 2.05) is 0 Å². The van der Waals surface area contributed by atoms with Crippen molar-refractivity contribution in [2.75, 3.05) is 12.1 Å². The number of hydrazine groups is 1. The van der Waals surface area contributed by atoms with Crippen LogP contribution < -0.4 is 10.4 Å². The largest absolute Gasteiger partial charge is 0.463 e. The highest BCUT2D eigenvalue weighted by atomic mass is 16.6. The number of esters is 1. The second-order valence-electron chi connectivity index (χ2n) is 6.93. The van der Waals surface area contributed by atoms with Gasteiger partial charge in [0, 0.05) is 0 Å². The van der Waals surface area contributed by atoms with Crippen molar-refractivity contribution in [1.82, 2.24) is 10.4 Å². The first-order chi connectivity index (χ1) is 11.3. The molecule has 0 atom stereocenters. The Morgan fingerprint density at radius 2 is 1.64 bits per heavy atom. The number of nitrogens with zero attached hydrogens (tertiary/aromatic N) is 2. The summed E-state index contributed by atoms with van der Waals surface area (Å²) in [6, 6.07) is 0. The maximum absolute atomic E-state index is 12.4. The molecule has 0 radical (unpaired) electrons. The average molecular weight is 357 g/mol. The highest BCUT2D eigenvalue weighted by Gasteiger charge is 2.33. The molecule has 25 heavy (non-hydrogen) atoms. The van der Waals surface area contributed by atoms with Gasteiger partial charge < -0.3 is 18.6 Å². The molecule has 0 spiro atoms. The van der Waals surface area contributed by atoms with E-state index in [1.165, 1.54) is 0 Å². The highest BCUT2D eigenvalue weighted by Crippen LogP contribution is 2.21. The van der Waals surface area contributed by atoms with Gasteiger partial charge in [-0.05, 0) is 41.5 Å². The predicted molar refractivity (Wildman–Crippen MR) is 85.9 cm³/mol. The number of ether oxygens (including phenoxy) is 3. The van der Waals surface area contributed by atoms with Crippen molar-refractivity contribution in [2.45, 2.75) is 52.7 Å². The van der Waals surface area contributed by atoms with Gasteiger partial charge in [0.05, 0.1) is 7.11 Å². The molecule has 140 valence electrons. The quantitative estimate of drug-likeness (QED) is 0.487. The SMILES string of the molecule is COC(=O)c1ocnc1N(NC(=O)OC(C)(C)C)C(=O)OC(C)(C)C. The molecule has 1 aromatic rings. The van der Waals surface area contributed by atoms with E-state index in [-0.39, 0.29) is 11.6 Å². The van der Waals surface area contributed by atoms with Gasteiger partial charge in [0.2, 0.25) is 5.82 Å². The molecule has 0 fully saturated rings. The zero-order chi connectivity index (χ0) is 19.4. The van der Waals surface area contributed by atoms with Crippen molar-refractivity contribution in [3.05, 3.63) is 12.2 Å². The van der Waals surface area contributed by atoms with Crippen molar-refractivity contribution >= 4 is 24.0 Å². The van der Waals surface area contributed by atoms with Crippen LogP contribution in [0, 0.1) is 0 Å². The topological polar surface area (TPSA) is 120 Å². The summed E-state index contributed by atoms with van der Waals surface area (Å²) in [5.41, 5.74) is 0.517. The van der Waals surface area contributed by atoms with Gasteiger partial charge in [0.1, 0.15) is 11.2 Å². The molecule has 0 saturated heterocycles. The fraction of sp³-hybridized carbons (Fsp3) is 0.600. The van der Waals surface area contributed by atoms with Crippen LogP contribution in [0.4, 0.5) is 15.4 Å².